The van der Waals surface area contributed by atoms with Crippen LogP contribution in [0.2, 0.25) is 0 Å². The molecule has 2 amide bonds. The van der Waals surface area contributed by atoms with Crippen molar-refractivity contribution in [2.45, 2.75) is 39.8 Å². The van der Waals surface area contributed by atoms with Gasteiger partial charge in [0.2, 0.25) is 0 Å². The van der Waals surface area contributed by atoms with Gasteiger partial charge >= 0.3 is 6.09 Å². The number of aryl methyl sites for hydroxylation is 1. The molecule has 4 rings (SSSR count). The van der Waals surface area contributed by atoms with Gasteiger partial charge in [0, 0.05) is 12.6 Å². The highest BCUT2D eigenvalue weighted by Gasteiger charge is 2.19. The number of carbonyl (C=O) groups excluding carboxylic acids is 2. The van der Waals surface area contributed by atoms with E-state index in [1.54, 1.807) is 64.1 Å². The smallest absolute Gasteiger partial charge is 0.407 e. The molecule has 0 saturated carbocycles. The minimum atomic E-state index is -0.604. The van der Waals surface area contributed by atoms with E-state index in [-0.39, 0.29) is 17.9 Å². The van der Waals surface area contributed by atoms with Crippen molar-refractivity contribution in [3.05, 3.63) is 102 Å². The van der Waals surface area contributed by atoms with Gasteiger partial charge in [-0.3, -0.25) is 4.79 Å². The Labute approximate surface area is 220 Å². The third kappa shape index (κ3) is 6.97. The summed E-state index contributed by atoms with van der Waals surface area (Å²) in [5, 5.41) is 9.79. The number of hydrogen-bond acceptors (Lipinski definition) is 5. The van der Waals surface area contributed by atoms with Crippen LogP contribution in [0.3, 0.4) is 0 Å². The van der Waals surface area contributed by atoms with E-state index < -0.39 is 23.4 Å². The Balaban J connectivity index is 1.52. The first-order chi connectivity index (χ1) is 18.1. The SMILES string of the molecule is Cc1cc(C(=O)Nc2cc(Oc3ccccc3)ccc2F)n(-c2cccc(CNC(=O)OC(C)(C)C)c2)n1. The molecule has 0 aliphatic carbocycles. The molecule has 0 fully saturated rings. The fourth-order valence-electron chi connectivity index (χ4n) is 3.62. The third-order valence-electron chi connectivity index (χ3n) is 5.22. The molecular weight excluding hydrogens is 487 g/mol. The Kier molecular flexibility index (Phi) is 7.76. The van der Waals surface area contributed by atoms with Crippen LogP contribution in [0.15, 0.2) is 78.9 Å². The fraction of sp³-hybridized carbons (Fsp3) is 0.207. The van der Waals surface area contributed by atoms with Gasteiger partial charge in [0.15, 0.2) is 0 Å². The van der Waals surface area contributed by atoms with E-state index in [9.17, 15) is 14.0 Å². The second-order valence-electron chi connectivity index (χ2n) is 9.62. The summed E-state index contributed by atoms with van der Waals surface area (Å²) in [5.41, 5.74) is 1.58. The van der Waals surface area contributed by atoms with Crippen molar-refractivity contribution in [1.82, 2.24) is 15.1 Å². The van der Waals surface area contributed by atoms with Crippen LogP contribution < -0.4 is 15.4 Å². The Hall–Kier alpha value is -4.66. The summed E-state index contributed by atoms with van der Waals surface area (Å²) in [5.74, 6) is -0.177. The molecule has 0 aliphatic heterocycles. The zero-order valence-electron chi connectivity index (χ0n) is 21.6. The summed E-state index contributed by atoms with van der Waals surface area (Å²) in [7, 11) is 0. The maximum Gasteiger partial charge on any atom is 0.407 e. The summed E-state index contributed by atoms with van der Waals surface area (Å²) >= 11 is 0. The van der Waals surface area contributed by atoms with Crippen molar-refractivity contribution in [3.8, 4) is 17.2 Å². The number of anilines is 1. The molecular formula is C29H29FN4O4. The van der Waals surface area contributed by atoms with Crippen LogP contribution in [-0.2, 0) is 11.3 Å². The molecule has 2 N–H and O–H groups in total. The molecule has 0 unspecified atom stereocenters. The standard InChI is InChI=1S/C29H29FN4O4/c1-19-15-26(27(35)32-25-17-23(13-14-24(25)30)37-22-11-6-5-7-12-22)34(33-19)21-10-8-9-20(16-21)18-31-28(36)38-29(2,3)4/h5-17H,18H2,1-4H3,(H,31,36)(H,32,35). The molecule has 38 heavy (non-hydrogen) atoms. The van der Waals surface area contributed by atoms with Gasteiger partial charge in [0.1, 0.15) is 28.6 Å². The number of nitrogens with one attached hydrogen (secondary N) is 2. The average Bonchev–Trinajstić information content (AvgIpc) is 3.26. The van der Waals surface area contributed by atoms with Crippen molar-refractivity contribution in [2.75, 3.05) is 5.32 Å². The normalized spacial score (nSPS) is 11.1. The number of halogens is 1. The number of alkyl carbamates (subject to hydrolysis) is 1. The van der Waals surface area contributed by atoms with Crippen molar-refractivity contribution in [3.63, 3.8) is 0 Å². The highest BCUT2D eigenvalue weighted by Crippen LogP contribution is 2.27. The summed E-state index contributed by atoms with van der Waals surface area (Å²) in [6, 6.07) is 22.1. The highest BCUT2D eigenvalue weighted by molar-refractivity contribution is 6.03. The number of amides is 2. The number of carbonyl (C=O) groups is 2. The zero-order valence-corrected chi connectivity index (χ0v) is 21.6. The van der Waals surface area contributed by atoms with Gasteiger partial charge in [0.05, 0.1) is 17.1 Å². The molecule has 9 heteroatoms. The molecule has 1 heterocycles. The Morgan fingerprint density at radius 2 is 1.71 bits per heavy atom. The minimum Gasteiger partial charge on any atom is -0.457 e. The van der Waals surface area contributed by atoms with Crippen LogP contribution >= 0.6 is 0 Å². The van der Waals surface area contributed by atoms with E-state index in [2.05, 4.69) is 15.7 Å². The van der Waals surface area contributed by atoms with E-state index in [1.165, 1.54) is 22.9 Å². The van der Waals surface area contributed by atoms with E-state index >= 15 is 0 Å². The third-order valence-corrected chi connectivity index (χ3v) is 5.22. The number of aromatic nitrogens is 2. The molecule has 1 aromatic heterocycles. The van der Waals surface area contributed by atoms with Crippen molar-refractivity contribution in [2.24, 2.45) is 0 Å². The predicted octanol–water partition coefficient (Wildman–Crippen LogP) is 6.39. The van der Waals surface area contributed by atoms with E-state index in [0.717, 1.165) is 5.56 Å². The second kappa shape index (κ2) is 11.2. The largest absolute Gasteiger partial charge is 0.457 e. The topological polar surface area (TPSA) is 94.5 Å². The maximum absolute atomic E-state index is 14.6. The first kappa shape index (κ1) is 26.4. The summed E-state index contributed by atoms with van der Waals surface area (Å²) in [6.07, 6.45) is -0.529. The Morgan fingerprint density at radius 3 is 2.45 bits per heavy atom. The zero-order chi connectivity index (χ0) is 27.3. The van der Waals surface area contributed by atoms with E-state index in [0.29, 0.717) is 22.9 Å². The molecule has 0 aliphatic rings. The van der Waals surface area contributed by atoms with Crippen LogP contribution in [0.1, 0.15) is 42.5 Å². The molecule has 0 atom stereocenters. The summed E-state index contributed by atoms with van der Waals surface area (Å²) in [4.78, 5) is 25.2. The van der Waals surface area contributed by atoms with Gasteiger partial charge in [-0.05, 0) is 75.7 Å². The van der Waals surface area contributed by atoms with Crippen LogP contribution in [0, 0.1) is 12.7 Å². The van der Waals surface area contributed by atoms with Gasteiger partial charge in [-0.15, -0.1) is 0 Å². The number of rotatable bonds is 7. The molecule has 3 aromatic carbocycles. The molecule has 8 nitrogen and oxygen atoms in total. The van der Waals surface area contributed by atoms with Crippen LogP contribution in [0.4, 0.5) is 14.9 Å². The van der Waals surface area contributed by atoms with Crippen molar-refractivity contribution >= 4 is 17.7 Å². The molecule has 0 spiro atoms. The van der Waals surface area contributed by atoms with Gasteiger partial charge < -0.3 is 20.1 Å². The molecule has 4 aromatic rings. The van der Waals surface area contributed by atoms with Crippen molar-refractivity contribution < 1.29 is 23.5 Å². The minimum absolute atomic E-state index is 0.0239. The van der Waals surface area contributed by atoms with Gasteiger partial charge in [-0.1, -0.05) is 30.3 Å². The summed E-state index contributed by atoms with van der Waals surface area (Å²) < 4.78 is 27.1. The highest BCUT2D eigenvalue weighted by atomic mass is 19.1. The lowest BCUT2D eigenvalue weighted by Crippen LogP contribution is -2.32. The quantitative estimate of drug-likeness (QED) is 0.297. The first-order valence-electron chi connectivity index (χ1n) is 12.0. The number of hydrogen-bond donors (Lipinski definition) is 2. The lowest BCUT2D eigenvalue weighted by molar-refractivity contribution is 0.0523. The van der Waals surface area contributed by atoms with E-state index in [1.807, 2.05) is 24.3 Å². The predicted molar refractivity (Wildman–Crippen MR) is 142 cm³/mol. The lowest BCUT2D eigenvalue weighted by Gasteiger charge is -2.19. The lowest BCUT2D eigenvalue weighted by atomic mass is 10.2. The Bertz CT molecular complexity index is 1440. The molecule has 0 bridgehead atoms. The van der Waals surface area contributed by atoms with Crippen LogP contribution in [0.5, 0.6) is 11.5 Å². The second-order valence-corrected chi connectivity index (χ2v) is 9.62. The Morgan fingerprint density at radius 1 is 0.947 bits per heavy atom. The van der Waals surface area contributed by atoms with E-state index in [4.69, 9.17) is 9.47 Å². The number of para-hydroxylation sites is 1. The maximum atomic E-state index is 14.6. The fourth-order valence-corrected chi connectivity index (χ4v) is 3.62. The van der Waals surface area contributed by atoms with Crippen LogP contribution in [0.25, 0.3) is 5.69 Å². The van der Waals surface area contributed by atoms with Gasteiger partial charge in [-0.25, -0.2) is 13.9 Å². The monoisotopic (exact) mass is 516 g/mol. The van der Waals surface area contributed by atoms with Gasteiger partial charge in [-0.2, -0.15) is 5.10 Å². The molecule has 196 valence electrons. The number of nitrogens with zero attached hydrogens (tertiary/aromatic N) is 2. The number of benzene rings is 3. The molecule has 0 radical (unpaired) electrons. The summed E-state index contributed by atoms with van der Waals surface area (Å²) in [6.45, 7) is 7.36. The van der Waals surface area contributed by atoms with Gasteiger partial charge in [0.25, 0.3) is 5.91 Å². The van der Waals surface area contributed by atoms with Crippen molar-refractivity contribution in [1.29, 1.82) is 0 Å². The molecule has 0 saturated heterocycles. The first-order valence-corrected chi connectivity index (χ1v) is 12.0. The average molecular weight is 517 g/mol. The van der Waals surface area contributed by atoms with Crippen LogP contribution in [-0.4, -0.2) is 27.4 Å². The number of ether oxygens (including phenoxy) is 2.